The molecular weight excluding hydrogens is 292 g/mol. The summed E-state index contributed by atoms with van der Waals surface area (Å²) in [5.74, 6) is 1.02. The van der Waals surface area contributed by atoms with Gasteiger partial charge < -0.3 is 14.6 Å². The molecule has 1 N–H and O–H groups in total. The van der Waals surface area contributed by atoms with E-state index in [9.17, 15) is 4.79 Å². The van der Waals surface area contributed by atoms with Gasteiger partial charge in [-0.05, 0) is 49.3 Å². The SMILES string of the molecule is COc1c(Cl)cc(C2(CC(=O)O)CC2)cc1OCC1CC1. The first kappa shape index (κ1) is 14.5. The molecule has 0 bridgehead atoms. The van der Waals surface area contributed by atoms with Crippen LogP contribution < -0.4 is 9.47 Å². The number of carbonyl (C=O) groups is 1. The van der Waals surface area contributed by atoms with Gasteiger partial charge in [-0.15, -0.1) is 0 Å². The number of carboxylic acid groups (broad SMARTS) is 1. The number of ether oxygens (including phenoxy) is 2. The molecule has 2 aliphatic rings. The van der Waals surface area contributed by atoms with Crippen molar-refractivity contribution in [1.82, 2.24) is 0 Å². The summed E-state index contributed by atoms with van der Waals surface area (Å²) in [6, 6.07) is 3.73. The first-order chi connectivity index (χ1) is 10.0. The quantitative estimate of drug-likeness (QED) is 0.835. The Morgan fingerprint density at radius 1 is 1.43 bits per heavy atom. The van der Waals surface area contributed by atoms with Crippen molar-refractivity contribution in [3.05, 3.63) is 22.7 Å². The van der Waals surface area contributed by atoms with Crippen LogP contribution in [-0.2, 0) is 10.2 Å². The molecule has 0 unspecified atom stereocenters. The lowest BCUT2D eigenvalue weighted by atomic mass is 9.92. The van der Waals surface area contributed by atoms with E-state index < -0.39 is 5.97 Å². The summed E-state index contributed by atoms with van der Waals surface area (Å²) < 4.78 is 11.2. The molecular formula is C16H19ClO4. The first-order valence-corrected chi connectivity index (χ1v) is 7.64. The summed E-state index contributed by atoms with van der Waals surface area (Å²) in [6.45, 7) is 0.669. The Hall–Kier alpha value is -1.42. The molecule has 114 valence electrons. The van der Waals surface area contributed by atoms with Gasteiger partial charge in [-0.2, -0.15) is 0 Å². The molecule has 21 heavy (non-hydrogen) atoms. The third kappa shape index (κ3) is 3.10. The van der Waals surface area contributed by atoms with Gasteiger partial charge in [0.25, 0.3) is 0 Å². The Morgan fingerprint density at radius 2 is 2.14 bits per heavy atom. The fourth-order valence-electron chi connectivity index (χ4n) is 2.68. The Kier molecular flexibility index (Phi) is 3.74. The number of halogens is 1. The lowest BCUT2D eigenvalue weighted by molar-refractivity contribution is -0.137. The summed E-state index contributed by atoms with van der Waals surface area (Å²) >= 11 is 6.28. The van der Waals surface area contributed by atoms with E-state index in [-0.39, 0.29) is 11.8 Å². The molecule has 1 aromatic rings. The summed E-state index contributed by atoms with van der Waals surface area (Å²) in [7, 11) is 1.56. The zero-order chi connectivity index (χ0) is 15.0. The predicted molar refractivity (Wildman–Crippen MR) is 79.4 cm³/mol. The van der Waals surface area contributed by atoms with E-state index in [4.69, 9.17) is 26.2 Å². The second-order valence-corrected chi connectivity index (χ2v) is 6.50. The van der Waals surface area contributed by atoms with Crippen LogP contribution in [-0.4, -0.2) is 24.8 Å². The molecule has 3 rings (SSSR count). The van der Waals surface area contributed by atoms with E-state index in [1.54, 1.807) is 7.11 Å². The maximum Gasteiger partial charge on any atom is 0.304 e. The molecule has 4 nitrogen and oxygen atoms in total. The van der Waals surface area contributed by atoms with Crippen LogP contribution in [0.4, 0.5) is 0 Å². The average molecular weight is 311 g/mol. The number of hydrogen-bond acceptors (Lipinski definition) is 3. The molecule has 0 radical (unpaired) electrons. The Bertz CT molecular complexity index is 562. The third-order valence-electron chi connectivity index (χ3n) is 4.34. The number of hydrogen-bond donors (Lipinski definition) is 1. The molecule has 0 spiro atoms. The third-order valence-corrected chi connectivity index (χ3v) is 4.62. The van der Waals surface area contributed by atoms with Crippen molar-refractivity contribution in [1.29, 1.82) is 0 Å². The van der Waals surface area contributed by atoms with E-state index in [0.29, 0.717) is 29.0 Å². The summed E-state index contributed by atoms with van der Waals surface area (Å²) in [6.07, 6.45) is 4.31. The van der Waals surface area contributed by atoms with Crippen LogP contribution in [0.25, 0.3) is 0 Å². The first-order valence-electron chi connectivity index (χ1n) is 7.27. The van der Waals surface area contributed by atoms with Gasteiger partial charge in [0.05, 0.1) is 25.2 Å². The fraction of sp³-hybridized carbons (Fsp3) is 0.562. The Labute approximate surface area is 129 Å². The highest BCUT2D eigenvalue weighted by Crippen LogP contribution is 2.53. The van der Waals surface area contributed by atoms with Gasteiger partial charge in [-0.25, -0.2) is 0 Å². The van der Waals surface area contributed by atoms with E-state index in [1.165, 1.54) is 12.8 Å². The van der Waals surface area contributed by atoms with E-state index in [1.807, 2.05) is 12.1 Å². The molecule has 0 aliphatic heterocycles. The van der Waals surface area contributed by atoms with E-state index in [0.717, 1.165) is 18.4 Å². The van der Waals surface area contributed by atoms with Crippen LogP contribution in [0.3, 0.4) is 0 Å². The maximum atomic E-state index is 11.1. The van der Waals surface area contributed by atoms with Gasteiger partial charge in [0.1, 0.15) is 0 Å². The zero-order valence-electron chi connectivity index (χ0n) is 12.0. The van der Waals surface area contributed by atoms with Gasteiger partial charge in [0, 0.05) is 5.41 Å². The van der Waals surface area contributed by atoms with Crippen molar-refractivity contribution < 1.29 is 19.4 Å². The van der Waals surface area contributed by atoms with Crippen LogP contribution in [0.1, 0.15) is 37.7 Å². The monoisotopic (exact) mass is 310 g/mol. The summed E-state index contributed by atoms with van der Waals surface area (Å²) in [4.78, 5) is 11.1. The second kappa shape index (κ2) is 5.41. The second-order valence-electron chi connectivity index (χ2n) is 6.09. The van der Waals surface area contributed by atoms with Gasteiger partial charge >= 0.3 is 5.97 Å². The minimum atomic E-state index is -0.778. The minimum absolute atomic E-state index is 0.137. The fourth-order valence-corrected chi connectivity index (χ4v) is 2.97. The van der Waals surface area contributed by atoms with Crippen molar-refractivity contribution in [3.8, 4) is 11.5 Å². The lowest BCUT2D eigenvalue weighted by Gasteiger charge is -2.18. The van der Waals surface area contributed by atoms with Crippen LogP contribution in [0, 0.1) is 5.92 Å². The van der Waals surface area contributed by atoms with Crippen LogP contribution in [0.2, 0.25) is 5.02 Å². The van der Waals surface area contributed by atoms with Crippen LogP contribution >= 0.6 is 11.6 Å². The van der Waals surface area contributed by atoms with Crippen molar-refractivity contribution in [2.45, 2.75) is 37.5 Å². The number of carboxylic acids is 1. The number of aliphatic carboxylic acids is 1. The van der Waals surface area contributed by atoms with Crippen LogP contribution in [0.15, 0.2) is 12.1 Å². The zero-order valence-corrected chi connectivity index (χ0v) is 12.8. The Morgan fingerprint density at radius 3 is 2.67 bits per heavy atom. The van der Waals surface area contributed by atoms with Crippen LogP contribution in [0.5, 0.6) is 11.5 Å². The van der Waals surface area contributed by atoms with Crippen molar-refractivity contribution in [2.75, 3.05) is 13.7 Å². The molecule has 5 heteroatoms. The van der Waals surface area contributed by atoms with Crippen molar-refractivity contribution >= 4 is 17.6 Å². The van der Waals surface area contributed by atoms with Gasteiger partial charge in [-0.3, -0.25) is 4.79 Å². The van der Waals surface area contributed by atoms with Gasteiger partial charge in [-0.1, -0.05) is 11.6 Å². The lowest BCUT2D eigenvalue weighted by Crippen LogP contribution is -2.13. The molecule has 0 amide bonds. The molecule has 2 fully saturated rings. The largest absolute Gasteiger partial charge is 0.491 e. The summed E-state index contributed by atoms with van der Waals surface area (Å²) in [5, 5.41) is 9.57. The molecule has 1 aromatic carbocycles. The van der Waals surface area contributed by atoms with E-state index in [2.05, 4.69) is 0 Å². The number of benzene rings is 1. The van der Waals surface area contributed by atoms with Gasteiger partial charge in [0.2, 0.25) is 0 Å². The average Bonchev–Trinajstić information content (AvgIpc) is 3.31. The minimum Gasteiger partial charge on any atom is -0.491 e. The van der Waals surface area contributed by atoms with E-state index >= 15 is 0 Å². The Balaban J connectivity index is 1.88. The summed E-state index contributed by atoms with van der Waals surface area (Å²) in [5.41, 5.74) is 0.667. The van der Waals surface area contributed by atoms with Crippen molar-refractivity contribution in [3.63, 3.8) is 0 Å². The highest BCUT2D eigenvalue weighted by molar-refractivity contribution is 6.32. The number of methoxy groups -OCH3 is 1. The topological polar surface area (TPSA) is 55.8 Å². The molecule has 2 aliphatic carbocycles. The molecule has 0 heterocycles. The standard InChI is InChI=1S/C16H19ClO4/c1-20-15-12(17)6-11(16(4-5-16)8-14(18)19)7-13(15)21-9-10-2-3-10/h6-7,10H,2-5,8-9H2,1H3,(H,18,19). The molecule has 0 atom stereocenters. The molecule has 2 saturated carbocycles. The highest BCUT2D eigenvalue weighted by atomic mass is 35.5. The normalized spacial score (nSPS) is 19.1. The molecule has 0 aromatic heterocycles. The maximum absolute atomic E-state index is 11.1. The molecule has 0 saturated heterocycles. The van der Waals surface area contributed by atoms with Gasteiger partial charge in [0.15, 0.2) is 11.5 Å². The highest BCUT2D eigenvalue weighted by Gasteiger charge is 2.46. The smallest absolute Gasteiger partial charge is 0.304 e. The number of rotatable bonds is 7. The van der Waals surface area contributed by atoms with Crippen molar-refractivity contribution in [2.24, 2.45) is 5.92 Å². The predicted octanol–water partition coefficient (Wildman–Crippen LogP) is 3.64.